The van der Waals surface area contributed by atoms with E-state index in [1.54, 1.807) is 0 Å². The van der Waals surface area contributed by atoms with Gasteiger partial charge in [0, 0.05) is 25.2 Å². The zero-order valence-electron chi connectivity index (χ0n) is 10.1. The number of aromatic nitrogens is 1. The highest BCUT2D eigenvalue weighted by Gasteiger charge is 2.20. The van der Waals surface area contributed by atoms with Gasteiger partial charge in [-0.3, -0.25) is 14.9 Å². The Morgan fingerprint density at radius 2 is 2.26 bits per heavy atom. The van der Waals surface area contributed by atoms with Crippen LogP contribution in [0.15, 0.2) is 12.3 Å². The van der Waals surface area contributed by atoms with Crippen LogP contribution >= 0.6 is 11.6 Å². The molecule has 0 aromatic carbocycles. The summed E-state index contributed by atoms with van der Waals surface area (Å²) in [5.74, 6) is -0.459. The number of amides is 1. The van der Waals surface area contributed by atoms with Crippen molar-refractivity contribution in [1.82, 2.24) is 15.6 Å². The number of hydrogen-bond donors (Lipinski definition) is 2. The van der Waals surface area contributed by atoms with Crippen LogP contribution in [0.1, 0.15) is 23.2 Å². The van der Waals surface area contributed by atoms with Crippen molar-refractivity contribution in [2.24, 2.45) is 0 Å². The minimum atomic E-state index is -0.616. The standard InChI is InChI=1S/C11H13ClN4O3/c12-10-9(5-8(6-15-10)16(18)19)11(17)14-4-3-13-7-1-2-7/h5-7,13H,1-4H2,(H,14,17). The average molecular weight is 285 g/mol. The first-order valence-corrected chi connectivity index (χ1v) is 6.27. The molecule has 102 valence electrons. The van der Waals surface area contributed by atoms with Crippen LogP contribution in [-0.4, -0.2) is 34.9 Å². The Morgan fingerprint density at radius 1 is 1.53 bits per heavy atom. The van der Waals surface area contributed by atoms with Crippen LogP contribution in [0.25, 0.3) is 0 Å². The second-order valence-corrected chi connectivity index (χ2v) is 4.63. The maximum absolute atomic E-state index is 11.8. The molecule has 1 aliphatic rings. The van der Waals surface area contributed by atoms with Gasteiger partial charge in [0.1, 0.15) is 11.3 Å². The van der Waals surface area contributed by atoms with Gasteiger partial charge in [-0.25, -0.2) is 4.98 Å². The maximum Gasteiger partial charge on any atom is 0.288 e. The summed E-state index contributed by atoms with van der Waals surface area (Å²) in [6.07, 6.45) is 3.37. The van der Waals surface area contributed by atoms with Crippen LogP contribution in [0.3, 0.4) is 0 Å². The molecule has 1 amide bonds. The van der Waals surface area contributed by atoms with Gasteiger partial charge in [0.2, 0.25) is 0 Å². The van der Waals surface area contributed by atoms with Crippen molar-refractivity contribution < 1.29 is 9.72 Å². The van der Waals surface area contributed by atoms with Gasteiger partial charge in [-0.15, -0.1) is 0 Å². The summed E-state index contributed by atoms with van der Waals surface area (Å²) in [4.78, 5) is 25.4. The van der Waals surface area contributed by atoms with E-state index in [1.165, 1.54) is 12.8 Å². The van der Waals surface area contributed by atoms with E-state index in [9.17, 15) is 14.9 Å². The minimum absolute atomic E-state index is 0.0160. The molecule has 1 aliphatic carbocycles. The number of nitrogens with zero attached hydrogens (tertiary/aromatic N) is 2. The Balaban J connectivity index is 1.92. The highest BCUT2D eigenvalue weighted by Crippen LogP contribution is 2.19. The number of pyridine rings is 1. The molecule has 0 unspecified atom stereocenters. The second kappa shape index (κ2) is 5.94. The summed E-state index contributed by atoms with van der Waals surface area (Å²) in [5.41, 5.74) is -0.243. The molecule has 19 heavy (non-hydrogen) atoms. The quantitative estimate of drug-likeness (QED) is 0.353. The fourth-order valence-corrected chi connectivity index (χ4v) is 1.72. The number of nitro groups is 1. The van der Waals surface area contributed by atoms with Gasteiger partial charge in [0.25, 0.3) is 11.6 Å². The Kier molecular flexibility index (Phi) is 4.28. The van der Waals surface area contributed by atoms with Gasteiger partial charge in [-0.2, -0.15) is 0 Å². The molecule has 0 bridgehead atoms. The number of hydrogen-bond acceptors (Lipinski definition) is 5. The zero-order valence-corrected chi connectivity index (χ0v) is 10.8. The SMILES string of the molecule is O=C(NCCNC1CC1)c1cc([N+](=O)[O-])cnc1Cl. The molecule has 0 aliphatic heterocycles. The van der Waals surface area contributed by atoms with Gasteiger partial charge in [0.05, 0.1) is 10.5 Å². The van der Waals surface area contributed by atoms with Crippen molar-refractivity contribution in [3.8, 4) is 0 Å². The summed E-state index contributed by atoms with van der Waals surface area (Å²) >= 11 is 5.76. The van der Waals surface area contributed by atoms with Crippen LogP contribution in [-0.2, 0) is 0 Å². The van der Waals surface area contributed by atoms with Gasteiger partial charge in [-0.05, 0) is 12.8 Å². The minimum Gasteiger partial charge on any atom is -0.351 e. The first kappa shape index (κ1) is 13.7. The van der Waals surface area contributed by atoms with E-state index in [0.29, 0.717) is 19.1 Å². The summed E-state index contributed by atoms with van der Waals surface area (Å²) < 4.78 is 0. The van der Waals surface area contributed by atoms with E-state index in [1.807, 2.05) is 0 Å². The fraction of sp³-hybridized carbons (Fsp3) is 0.455. The molecular formula is C11H13ClN4O3. The third-order valence-corrected chi connectivity index (χ3v) is 3.00. The Morgan fingerprint density at radius 3 is 2.89 bits per heavy atom. The lowest BCUT2D eigenvalue weighted by atomic mass is 10.2. The predicted molar refractivity (Wildman–Crippen MR) is 69.3 cm³/mol. The molecule has 1 saturated carbocycles. The molecule has 1 aromatic heterocycles. The third kappa shape index (κ3) is 3.87. The Hall–Kier alpha value is -1.73. The molecule has 0 saturated heterocycles. The maximum atomic E-state index is 11.8. The molecule has 1 heterocycles. The lowest BCUT2D eigenvalue weighted by Crippen LogP contribution is -2.32. The van der Waals surface area contributed by atoms with Crippen LogP contribution in [0.5, 0.6) is 0 Å². The molecule has 0 radical (unpaired) electrons. The normalized spacial score (nSPS) is 14.2. The van der Waals surface area contributed by atoms with Crippen LogP contribution in [0, 0.1) is 10.1 Å². The molecule has 1 aromatic rings. The summed E-state index contributed by atoms with van der Waals surface area (Å²) in [6.45, 7) is 1.10. The van der Waals surface area contributed by atoms with Crippen molar-refractivity contribution in [3.05, 3.63) is 33.1 Å². The molecule has 2 N–H and O–H groups in total. The van der Waals surface area contributed by atoms with Crippen LogP contribution in [0.2, 0.25) is 5.15 Å². The molecule has 0 atom stereocenters. The van der Waals surface area contributed by atoms with E-state index in [4.69, 9.17) is 11.6 Å². The van der Waals surface area contributed by atoms with Crippen molar-refractivity contribution in [3.63, 3.8) is 0 Å². The van der Waals surface area contributed by atoms with Crippen molar-refractivity contribution in [2.45, 2.75) is 18.9 Å². The second-order valence-electron chi connectivity index (χ2n) is 4.27. The highest BCUT2D eigenvalue weighted by molar-refractivity contribution is 6.32. The number of carbonyl (C=O) groups is 1. The molecule has 8 heteroatoms. The van der Waals surface area contributed by atoms with E-state index >= 15 is 0 Å². The van der Waals surface area contributed by atoms with Crippen molar-refractivity contribution >= 4 is 23.2 Å². The zero-order chi connectivity index (χ0) is 13.8. The number of nitrogens with one attached hydrogen (secondary N) is 2. The summed E-state index contributed by atoms with van der Waals surface area (Å²) in [7, 11) is 0. The number of carbonyl (C=O) groups excluding carboxylic acids is 1. The molecule has 0 spiro atoms. The van der Waals surface area contributed by atoms with Gasteiger partial charge in [0.15, 0.2) is 0 Å². The lowest BCUT2D eigenvalue weighted by molar-refractivity contribution is -0.385. The lowest BCUT2D eigenvalue weighted by Gasteiger charge is -2.06. The third-order valence-electron chi connectivity index (χ3n) is 2.70. The van der Waals surface area contributed by atoms with Crippen LogP contribution < -0.4 is 10.6 Å². The van der Waals surface area contributed by atoms with Crippen molar-refractivity contribution in [1.29, 1.82) is 0 Å². The Labute approximate surface area is 114 Å². The molecule has 2 rings (SSSR count). The van der Waals surface area contributed by atoms with Gasteiger partial charge in [-0.1, -0.05) is 11.6 Å². The van der Waals surface area contributed by atoms with E-state index < -0.39 is 10.8 Å². The number of halogens is 1. The average Bonchev–Trinajstić information content (AvgIpc) is 3.18. The smallest absolute Gasteiger partial charge is 0.288 e. The van der Waals surface area contributed by atoms with Gasteiger partial charge < -0.3 is 10.6 Å². The molecule has 1 fully saturated rings. The summed E-state index contributed by atoms with van der Waals surface area (Å²) in [5, 5.41) is 16.4. The topological polar surface area (TPSA) is 97.2 Å². The monoisotopic (exact) mass is 284 g/mol. The fourth-order valence-electron chi connectivity index (χ4n) is 1.53. The van der Waals surface area contributed by atoms with Crippen molar-refractivity contribution in [2.75, 3.05) is 13.1 Å². The molecular weight excluding hydrogens is 272 g/mol. The largest absolute Gasteiger partial charge is 0.351 e. The highest BCUT2D eigenvalue weighted by atomic mass is 35.5. The van der Waals surface area contributed by atoms with E-state index in [-0.39, 0.29) is 16.4 Å². The van der Waals surface area contributed by atoms with Gasteiger partial charge >= 0.3 is 0 Å². The number of rotatable bonds is 6. The molecule has 7 nitrogen and oxygen atoms in total. The first-order valence-electron chi connectivity index (χ1n) is 5.89. The van der Waals surface area contributed by atoms with E-state index in [2.05, 4.69) is 15.6 Å². The van der Waals surface area contributed by atoms with E-state index in [0.717, 1.165) is 12.3 Å². The first-order chi connectivity index (χ1) is 9.08. The summed E-state index contributed by atoms with van der Waals surface area (Å²) in [6, 6.07) is 1.69. The Bertz CT molecular complexity index is 505. The predicted octanol–water partition coefficient (Wildman–Crippen LogP) is 1.12. The van der Waals surface area contributed by atoms with Crippen LogP contribution in [0.4, 0.5) is 5.69 Å².